The molecule has 2 nitrogen and oxygen atoms in total. The highest BCUT2D eigenvalue weighted by Gasteiger charge is 2.55. The van der Waals surface area contributed by atoms with E-state index in [1.54, 1.807) is 0 Å². The first-order chi connectivity index (χ1) is 8.84. The minimum absolute atomic E-state index is 0.0304. The van der Waals surface area contributed by atoms with Crippen molar-refractivity contribution in [1.82, 2.24) is 0 Å². The van der Waals surface area contributed by atoms with Gasteiger partial charge in [0.25, 0.3) is 0 Å². The van der Waals surface area contributed by atoms with Crippen molar-refractivity contribution in [2.24, 2.45) is 40.2 Å². The third kappa shape index (κ3) is 2.71. The summed E-state index contributed by atoms with van der Waals surface area (Å²) < 4.78 is 0. The first kappa shape index (κ1) is 15.3. The smallest absolute Gasteiger partial charge is 0.0499 e. The minimum atomic E-state index is -0.0304. The Hall–Kier alpha value is -0.0800. The molecule has 2 heteroatoms. The van der Waals surface area contributed by atoms with Crippen LogP contribution in [-0.4, -0.2) is 18.3 Å². The Labute approximate surface area is 119 Å². The van der Waals surface area contributed by atoms with Gasteiger partial charge in [-0.2, -0.15) is 0 Å². The Kier molecular flexibility index (Phi) is 4.32. The lowest BCUT2D eigenvalue weighted by atomic mass is 9.44. The lowest BCUT2D eigenvalue weighted by Gasteiger charge is -2.61. The molecule has 2 bridgehead atoms. The van der Waals surface area contributed by atoms with E-state index in [-0.39, 0.29) is 12.0 Å². The largest absolute Gasteiger partial charge is 0.396 e. The fourth-order valence-corrected chi connectivity index (χ4v) is 5.07. The van der Waals surface area contributed by atoms with Crippen LogP contribution in [0.1, 0.15) is 59.8 Å². The van der Waals surface area contributed by atoms with Gasteiger partial charge in [-0.3, -0.25) is 0 Å². The van der Waals surface area contributed by atoms with Crippen LogP contribution in [0.25, 0.3) is 0 Å². The van der Waals surface area contributed by atoms with Crippen molar-refractivity contribution in [3.8, 4) is 0 Å². The fraction of sp³-hybridized carbons (Fsp3) is 1.00. The van der Waals surface area contributed by atoms with Gasteiger partial charge in [0, 0.05) is 18.6 Å². The van der Waals surface area contributed by atoms with E-state index in [0.29, 0.717) is 17.9 Å². The van der Waals surface area contributed by atoms with Gasteiger partial charge in [-0.05, 0) is 61.2 Å². The molecule has 0 amide bonds. The van der Waals surface area contributed by atoms with Crippen molar-refractivity contribution >= 4 is 0 Å². The second kappa shape index (κ2) is 5.37. The van der Waals surface area contributed by atoms with Crippen LogP contribution in [0.15, 0.2) is 0 Å². The van der Waals surface area contributed by atoms with Gasteiger partial charge >= 0.3 is 0 Å². The molecular formula is C17H33NO. The number of hydrogen-bond donors (Lipinski definition) is 2. The van der Waals surface area contributed by atoms with E-state index in [2.05, 4.69) is 27.7 Å². The normalized spacial score (nSPS) is 35.8. The molecule has 3 saturated carbocycles. The standard InChI is InChI=1S/C17H33NO/c1-12(2)8-17(10-18,11-19)9-13-5-6-14-7-15(13)16(14,3)4/h12-15,19H,5-11,18H2,1-4H3/t13?,14-,15+,17?/m0/s1. The monoisotopic (exact) mass is 267 g/mol. The van der Waals surface area contributed by atoms with Crippen LogP contribution >= 0.6 is 0 Å². The summed E-state index contributed by atoms with van der Waals surface area (Å²) >= 11 is 0. The maximum absolute atomic E-state index is 9.91. The molecule has 0 aliphatic heterocycles. The zero-order chi connectivity index (χ0) is 14.3. The highest BCUT2D eigenvalue weighted by Crippen LogP contribution is 2.63. The highest BCUT2D eigenvalue weighted by atomic mass is 16.3. The van der Waals surface area contributed by atoms with Gasteiger partial charge in [0.15, 0.2) is 0 Å². The van der Waals surface area contributed by atoms with Gasteiger partial charge in [0.1, 0.15) is 0 Å². The van der Waals surface area contributed by atoms with E-state index in [0.717, 1.165) is 30.6 Å². The molecule has 0 radical (unpaired) electrons. The van der Waals surface area contributed by atoms with Crippen LogP contribution in [0, 0.1) is 34.5 Å². The van der Waals surface area contributed by atoms with Crippen LogP contribution in [-0.2, 0) is 0 Å². The second-order valence-corrected chi connectivity index (χ2v) is 8.36. The van der Waals surface area contributed by atoms with Gasteiger partial charge in [-0.15, -0.1) is 0 Å². The van der Waals surface area contributed by atoms with Gasteiger partial charge in [-0.25, -0.2) is 0 Å². The molecule has 3 fully saturated rings. The van der Waals surface area contributed by atoms with Crippen LogP contribution in [0.5, 0.6) is 0 Å². The first-order valence-electron chi connectivity index (χ1n) is 8.15. The summed E-state index contributed by atoms with van der Waals surface area (Å²) in [5.74, 6) is 3.23. The van der Waals surface area contributed by atoms with Gasteiger partial charge in [0.05, 0.1) is 0 Å². The zero-order valence-electron chi connectivity index (χ0n) is 13.3. The summed E-state index contributed by atoms with van der Waals surface area (Å²) in [4.78, 5) is 0. The molecule has 0 heterocycles. The average molecular weight is 267 g/mol. The van der Waals surface area contributed by atoms with Crippen LogP contribution in [0.4, 0.5) is 0 Å². The van der Waals surface area contributed by atoms with Crippen LogP contribution in [0.2, 0.25) is 0 Å². The summed E-state index contributed by atoms with van der Waals surface area (Å²) in [5, 5.41) is 9.91. The molecule has 112 valence electrons. The number of aliphatic hydroxyl groups is 1. The lowest BCUT2D eigenvalue weighted by molar-refractivity contribution is -0.119. The topological polar surface area (TPSA) is 46.2 Å². The molecule has 3 rings (SSSR count). The Bertz CT molecular complexity index is 304. The highest BCUT2D eigenvalue weighted by molar-refractivity contribution is 5.04. The molecule has 0 aromatic heterocycles. The summed E-state index contributed by atoms with van der Waals surface area (Å²) in [6, 6.07) is 0. The first-order valence-corrected chi connectivity index (χ1v) is 8.15. The second-order valence-electron chi connectivity index (χ2n) is 8.36. The summed E-state index contributed by atoms with van der Waals surface area (Å²) in [5.41, 5.74) is 6.56. The quantitative estimate of drug-likeness (QED) is 0.774. The van der Waals surface area contributed by atoms with Crippen molar-refractivity contribution in [3.63, 3.8) is 0 Å². The molecule has 3 aliphatic carbocycles. The van der Waals surface area contributed by atoms with E-state index in [9.17, 15) is 5.11 Å². The number of rotatable bonds is 6. The third-order valence-corrected chi connectivity index (χ3v) is 6.31. The third-order valence-electron chi connectivity index (χ3n) is 6.31. The molecule has 3 aliphatic rings. The fourth-order valence-electron chi connectivity index (χ4n) is 5.07. The maximum atomic E-state index is 9.91. The molecule has 0 saturated heterocycles. The van der Waals surface area contributed by atoms with Gasteiger partial charge in [0.2, 0.25) is 0 Å². The van der Waals surface area contributed by atoms with Gasteiger partial charge in [-0.1, -0.05) is 27.7 Å². The number of aliphatic hydroxyl groups excluding tert-OH is 1. The number of nitrogens with two attached hydrogens (primary N) is 1. The van der Waals surface area contributed by atoms with E-state index >= 15 is 0 Å². The molecule has 0 aromatic rings. The SMILES string of the molecule is CC(C)CC(CN)(CO)CC1CC[C@H]2C[C@H]1C2(C)C. The Morgan fingerprint density at radius 1 is 1.32 bits per heavy atom. The van der Waals surface area contributed by atoms with Crippen molar-refractivity contribution < 1.29 is 5.11 Å². The van der Waals surface area contributed by atoms with Gasteiger partial charge < -0.3 is 10.8 Å². The molecule has 0 aromatic carbocycles. The van der Waals surface area contributed by atoms with Crippen molar-refractivity contribution in [2.45, 2.75) is 59.8 Å². The van der Waals surface area contributed by atoms with Crippen molar-refractivity contribution in [2.75, 3.05) is 13.2 Å². The van der Waals surface area contributed by atoms with E-state index in [4.69, 9.17) is 5.73 Å². The molecule has 4 atom stereocenters. The van der Waals surface area contributed by atoms with Crippen molar-refractivity contribution in [1.29, 1.82) is 0 Å². The Balaban J connectivity index is 2.05. The summed E-state index contributed by atoms with van der Waals surface area (Å²) in [6.45, 7) is 10.3. The Morgan fingerprint density at radius 3 is 2.42 bits per heavy atom. The van der Waals surface area contributed by atoms with E-state index in [1.807, 2.05) is 0 Å². The minimum Gasteiger partial charge on any atom is -0.396 e. The summed E-state index contributed by atoms with van der Waals surface area (Å²) in [7, 11) is 0. The van der Waals surface area contributed by atoms with Crippen LogP contribution < -0.4 is 5.73 Å². The summed E-state index contributed by atoms with van der Waals surface area (Å²) in [6.07, 6.45) is 6.37. The molecule has 2 unspecified atom stereocenters. The molecule has 0 spiro atoms. The van der Waals surface area contributed by atoms with E-state index < -0.39 is 0 Å². The van der Waals surface area contributed by atoms with Crippen molar-refractivity contribution in [3.05, 3.63) is 0 Å². The molecule has 19 heavy (non-hydrogen) atoms. The molecular weight excluding hydrogens is 234 g/mol. The zero-order valence-corrected chi connectivity index (χ0v) is 13.3. The van der Waals surface area contributed by atoms with Crippen LogP contribution in [0.3, 0.4) is 0 Å². The number of hydrogen-bond acceptors (Lipinski definition) is 2. The predicted octanol–water partition coefficient (Wildman–Crippen LogP) is 3.43. The predicted molar refractivity (Wildman–Crippen MR) is 80.7 cm³/mol. The average Bonchev–Trinajstić information content (AvgIpc) is 2.37. The molecule has 3 N–H and O–H groups in total. The van der Waals surface area contributed by atoms with E-state index in [1.165, 1.54) is 19.3 Å². The number of fused-ring (bicyclic) bond motifs is 2. The maximum Gasteiger partial charge on any atom is 0.0499 e. The lowest BCUT2D eigenvalue weighted by Crippen LogP contribution is -2.54. The Morgan fingerprint density at radius 2 is 2.00 bits per heavy atom.